The summed E-state index contributed by atoms with van der Waals surface area (Å²) >= 11 is 0. The molecule has 4 nitrogen and oxygen atoms in total. The monoisotopic (exact) mass is 381 g/mol. The first-order valence-electron chi connectivity index (χ1n) is 5.87. The van der Waals surface area contributed by atoms with E-state index in [1.165, 1.54) is 6.07 Å². The molecule has 0 heterocycles. The van der Waals surface area contributed by atoms with E-state index in [2.05, 4.69) is 15.6 Å². The van der Waals surface area contributed by atoms with Crippen molar-refractivity contribution in [1.82, 2.24) is 10.6 Å². The SMILES string of the molecule is CN=C(NCc1ccccc1F)NC(C)COC.I. The number of ether oxygens (including phenoxy) is 1. The molecule has 0 amide bonds. The lowest BCUT2D eigenvalue weighted by Crippen LogP contribution is -2.43. The standard InChI is InChI=1S/C13H20FN3O.HI/c1-10(9-18-3)17-13(15-2)16-8-11-6-4-5-7-12(11)14;/h4-7,10H,8-9H2,1-3H3,(H2,15,16,17);1H. The van der Waals surface area contributed by atoms with Crippen LogP contribution < -0.4 is 10.6 Å². The van der Waals surface area contributed by atoms with Crippen LogP contribution in [0.5, 0.6) is 0 Å². The zero-order valence-electron chi connectivity index (χ0n) is 11.4. The van der Waals surface area contributed by atoms with Crippen molar-refractivity contribution in [3.63, 3.8) is 0 Å². The van der Waals surface area contributed by atoms with Gasteiger partial charge in [0.25, 0.3) is 0 Å². The second kappa shape index (κ2) is 9.96. The summed E-state index contributed by atoms with van der Waals surface area (Å²) < 4.78 is 18.4. The Hall–Kier alpha value is -0.890. The van der Waals surface area contributed by atoms with Crippen molar-refractivity contribution in [2.24, 2.45) is 4.99 Å². The van der Waals surface area contributed by atoms with Crippen LogP contribution in [-0.4, -0.2) is 32.8 Å². The Labute approximate surface area is 130 Å². The topological polar surface area (TPSA) is 45.7 Å². The number of hydrogen-bond acceptors (Lipinski definition) is 2. The third kappa shape index (κ3) is 6.72. The van der Waals surface area contributed by atoms with Gasteiger partial charge in [-0.05, 0) is 13.0 Å². The molecule has 0 spiro atoms. The molecule has 1 aromatic carbocycles. The molecule has 0 bridgehead atoms. The van der Waals surface area contributed by atoms with Crippen LogP contribution in [0, 0.1) is 5.82 Å². The summed E-state index contributed by atoms with van der Waals surface area (Å²) in [7, 11) is 3.32. The van der Waals surface area contributed by atoms with Crippen molar-refractivity contribution in [3.8, 4) is 0 Å². The van der Waals surface area contributed by atoms with Gasteiger partial charge in [0.2, 0.25) is 0 Å². The molecule has 1 aromatic rings. The van der Waals surface area contributed by atoms with Crippen molar-refractivity contribution in [2.45, 2.75) is 19.5 Å². The van der Waals surface area contributed by atoms with Crippen LogP contribution in [0.15, 0.2) is 29.3 Å². The van der Waals surface area contributed by atoms with Gasteiger partial charge in [0.15, 0.2) is 5.96 Å². The molecule has 6 heteroatoms. The molecule has 0 fully saturated rings. The number of nitrogens with one attached hydrogen (secondary N) is 2. The molecule has 2 N–H and O–H groups in total. The molecule has 0 aliphatic rings. The summed E-state index contributed by atoms with van der Waals surface area (Å²) in [4.78, 5) is 4.07. The van der Waals surface area contributed by atoms with Crippen LogP contribution in [0.1, 0.15) is 12.5 Å². The lowest BCUT2D eigenvalue weighted by atomic mass is 10.2. The largest absolute Gasteiger partial charge is 0.383 e. The van der Waals surface area contributed by atoms with E-state index >= 15 is 0 Å². The van der Waals surface area contributed by atoms with Gasteiger partial charge in [-0.2, -0.15) is 0 Å². The van der Waals surface area contributed by atoms with E-state index in [9.17, 15) is 4.39 Å². The lowest BCUT2D eigenvalue weighted by Gasteiger charge is -2.17. The maximum atomic E-state index is 13.4. The number of rotatable bonds is 5. The number of methoxy groups -OCH3 is 1. The summed E-state index contributed by atoms with van der Waals surface area (Å²) in [5.74, 6) is 0.410. The number of benzene rings is 1. The first-order chi connectivity index (χ1) is 8.67. The zero-order valence-corrected chi connectivity index (χ0v) is 13.8. The highest BCUT2D eigenvalue weighted by Gasteiger charge is 2.05. The average molecular weight is 381 g/mol. The van der Waals surface area contributed by atoms with Gasteiger partial charge in [0.1, 0.15) is 5.82 Å². The fourth-order valence-electron chi connectivity index (χ4n) is 1.54. The number of nitrogens with zero attached hydrogens (tertiary/aromatic N) is 1. The first-order valence-corrected chi connectivity index (χ1v) is 5.87. The summed E-state index contributed by atoms with van der Waals surface area (Å²) in [6.07, 6.45) is 0. The third-order valence-electron chi connectivity index (χ3n) is 2.43. The van der Waals surface area contributed by atoms with E-state index in [0.717, 1.165) is 0 Å². The second-order valence-corrected chi connectivity index (χ2v) is 4.02. The zero-order chi connectivity index (χ0) is 13.4. The molecule has 108 valence electrons. The van der Waals surface area contributed by atoms with E-state index in [1.807, 2.05) is 13.0 Å². The van der Waals surface area contributed by atoms with Crippen molar-refractivity contribution >= 4 is 29.9 Å². The molecule has 0 radical (unpaired) electrons. The maximum absolute atomic E-state index is 13.4. The number of halogens is 2. The molecule has 0 saturated heterocycles. The molecule has 1 unspecified atom stereocenters. The first kappa shape index (κ1) is 18.1. The Balaban J connectivity index is 0.00000324. The summed E-state index contributed by atoms with van der Waals surface area (Å²) in [5, 5.41) is 6.21. The van der Waals surface area contributed by atoms with Crippen molar-refractivity contribution in [3.05, 3.63) is 35.6 Å². The predicted octanol–water partition coefficient (Wildman–Crippen LogP) is 2.14. The van der Waals surface area contributed by atoms with Crippen LogP contribution in [0.25, 0.3) is 0 Å². The van der Waals surface area contributed by atoms with Crippen LogP contribution >= 0.6 is 24.0 Å². The van der Waals surface area contributed by atoms with E-state index in [-0.39, 0.29) is 35.8 Å². The van der Waals surface area contributed by atoms with Crippen molar-refractivity contribution in [1.29, 1.82) is 0 Å². The Bertz CT molecular complexity index is 401. The van der Waals surface area contributed by atoms with E-state index in [0.29, 0.717) is 24.7 Å². The quantitative estimate of drug-likeness (QED) is 0.467. The molecule has 0 aromatic heterocycles. The van der Waals surface area contributed by atoms with Crippen molar-refractivity contribution < 1.29 is 9.13 Å². The molecular formula is C13H21FIN3O. The highest BCUT2D eigenvalue weighted by atomic mass is 127. The lowest BCUT2D eigenvalue weighted by molar-refractivity contribution is 0.179. The summed E-state index contributed by atoms with van der Waals surface area (Å²) in [6.45, 7) is 2.96. The molecule has 1 rings (SSSR count). The van der Waals surface area contributed by atoms with Crippen LogP contribution in [0.4, 0.5) is 4.39 Å². The van der Waals surface area contributed by atoms with Crippen LogP contribution in [0.2, 0.25) is 0 Å². The molecular weight excluding hydrogens is 360 g/mol. The fourth-order valence-corrected chi connectivity index (χ4v) is 1.54. The molecule has 0 aliphatic carbocycles. The van der Waals surface area contributed by atoms with Gasteiger partial charge in [-0.1, -0.05) is 18.2 Å². The summed E-state index contributed by atoms with van der Waals surface area (Å²) in [6, 6.07) is 6.81. The summed E-state index contributed by atoms with van der Waals surface area (Å²) in [5.41, 5.74) is 0.611. The van der Waals surface area contributed by atoms with Gasteiger partial charge in [0, 0.05) is 32.3 Å². The Morgan fingerprint density at radius 2 is 2.11 bits per heavy atom. The van der Waals surface area contributed by atoms with E-state index in [4.69, 9.17) is 4.74 Å². The normalized spacial score (nSPS) is 12.5. The Kier molecular flexibility index (Phi) is 9.50. The minimum atomic E-state index is -0.217. The highest BCUT2D eigenvalue weighted by Crippen LogP contribution is 2.05. The smallest absolute Gasteiger partial charge is 0.191 e. The van der Waals surface area contributed by atoms with Gasteiger partial charge < -0.3 is 15.4 Å². The van der Waals surface area contributed by atoms with Gasteiger partial charge >= 0.3 is 0 Å². The van der Waals surface area contributed by atoms with Gasteiger partial charge in [0.05, 0.1) is 6.61 Å². The molecule has 19 heavy (non-hydrogen) atoms. The Morgan fingerprint density at radius 1 is 1.42 bits per heavy atom. The number of aliphatic imine (C=N–C) groups is 1. The maximum Gasteiger partial charge on any atom is 0.191 e. The third-order valence-corrected chi connectivity index (χ3v) is 2.43. The number of hydrogen-bond donors (Lipinski definition) is 2. The Morgan fingerprint density at radius 3 is 2.68 bits per heavy atom. The van der Waals surface area contributed by atoms with E-state index in [1.54, 1.807) is 26.3 Å². The number of guanidine groups is 1. The predicted molar refractivity (Wildman–Crippen MR) is 86.5 cm³/mol. The second-order valence-electron chi connectivity index (χ2n) is 4.02. The van der Waals surface area contributed by atoms with E-state index < -0.39 is 0 Å². The van der Waals surface area contributed by atoms with Gasteiger partial charge in [-0.3, -0.25) is 4.99 Å². The van der Waals surface area contributed by atoms with Gasteiger partial charge in [-0.25, -0.2) is 4.39 Å². The molecule has 0 saturated carbocycles. The molecule has 1 atom stereocenters. The van der Waals surface area contributed by atoms with Crippen LogP contribution in [-0.2, 0) is 11.3 Å². The molecule has 0 aliphatic heterocycles. The average Bonchev–Trinajstić information content (AvgIpc) is 2.36. The van der Waals surface area contributed by atoms with Gasteiger partial charge in [-0.15, -0.1) is 24.0 Å². The fraction of sp³-hybridized carbons (Fsp3) is 0.462. The van der Waals surface area contributed by atoms with Crippen LogP contribution in [0.3, 0.4) is 0 Å². The highest BCUT2D eigenvalue weighted by molar-refractivity contribution is 14.0. The minimum Gasteiger partial charge on any atom is -0.383 e. The minimum absolute atomic E-state index is 0. The van der Waals surface area contributed by atoms with Crippen molar-refractivity contribution in [2.75, 3.05) is 20.8 Å².